The lowest BCUT2D eigenvalue weighted by molar-refractivity contribution is -0.137. The molecule has 0 aliphatic carbocycles. The number of unbranched alkanes of at least 4 members (excludes halogenated alkanes) is 1. The largest absolute Gasteiger partial charge is 0.481 e. The molecule has 1 aliphatic heterocycles. The minimum Gasteiger partial charge on any atom is -0.481 e. The van der Waals surface area contributed by atoms with Crippen LogP contribution in [0.15, 0.2) is 12.7 Å². The third-order valence-corrected chi connectivity index (χ3v) is 12.6. The molecule has 11 N–H and O–H groups in total. The lowest BCUT2D eigenvalue weighted by atomic mass is 9.87. The molecule has 0 radical (unpaired) electrons. The number of thioether (sulfide) groups is 1. The Hall–Kier alpha value is -2.97. The molecule has 8 unspecified atom stereocenters. The second-order valence-corrected chi connectivity index (χ2v) is 19.6. The molecule has 1 saturated heterocycles. The van der Waals surface area contributed by atoms with E-state index in [2.05, 4.69) is 34.4 Å². The number of carboxylic acids is 1. The van der Waals surface area contributed by atoms with Gasteiger partial charge in [-0.15, -0.1) is 0 Å². The van der Waals surface area contributed by atoms with E-state index in [1.165, 1.54) is 13.8 Å². The van der Waals surface area contributed by atoms with E-state index in [1.807, 2.05) is 6.92 Å². The van der Waals surface area contributed by atoms with Crippen molar-refractivity contribution < 1.29 is 90.4 Å². The van der Waals surface area contributed by atoms with Gasteiger partial charge in [-0.2, -0.15) is 4.31 Å². The number of carboxylic acid groups (broad SMARTS) is 1. The molecule has 2 aromatic rings. The van der Waals surface area contributed by atoms with Gasteiger partial charge in [-0.1, -0.05) is 45.4 Å². The first-order valence-corrected chi connectivity index (χ1v) is 23.6. The summed E-state index contributed by atoms with van der Waals surface area (Å²) >= 11 is 1.05. The zero-order valence-corrected chi connectivity index (χ0v) is 36.0. The predicted octanol–water partition coefficient (Wildman–Crippen LogP) is 0.336. The molecule has 2 aromatic heterocycles. The van der Waals surface area contributed by atoms with Crippen molar-refractivity contribution in [3.05, 3.63) is 12.7 Å². The van der Waals surface area contributed by atoms with Crippen molar-refractivity contribution in [2.24, 2.45) is 11.3 Å². The standard InChI is InChI=1S/C30H50N7O19P3S/c1-17(6-4-5-7-20(39)40)12-21(41)60-11-10-32-19(38)8-9-33-28(44)25(43)30(2,3)14-53-59(50,51)56-58(48,49)52-13-18-24(55-57(45,46)47)23(42)29(54-18)37-16-36-22-26(31)34-15-35-27(22)37/h15-18,23-25,29,42-43H,4-14H2,1-3H3,(H,32,38)(H,33,44)(H,39,40)(H,48,49)(H,50,51)(H2,31,34,35)(H2,45,46,47). The van der Waals surface area contributed by atoms with E-state index in [0.29, 0.717) is 25.0 Å². The number of nitrogens with zero attached hydrogens (tertiary/aromatic N) is 4. The molecule has 30 heteroatoms. The molecular formula is C30H50N7O19P3S. The van der Waals surface area contributed by atoms with E-state index >= 15 is 0 Å². The summed E-state index contributed by atoms with van der Waals surface area (Å²) in [6.45, 7) is 2.28. The number of aromatic nitrogens is 4. The van der Waals surface area contributed by atoms with Crippen molar-refractivity contribution in [3.63, 3.8) is 0 Å². The van der Waals surface area contributed by atoms with Crippen molar-refractivity contribution >= 4 is 75.1 Å². The van der Waals surface area contributed by atoms with Gasteiger partial charge >= 0.3 is 29.4 Å². The van der Waals surface area contributed by atoms with Gasteiger partial charge in [-0.05, 0) is 12.3 Å². The molecule has 3 heterocycles. The summed E-state index contributed by atoms with van der Waals surface area (Å²) in [4.78, 5) is 98.5. The minimum absolute atomic E-state index is 0.0232. The monoisotopic (exact) mass is 937 g/mol. The first kappa shape index (κ1) is 51.4. The maximum Gasteiger partial charge on any atom is 0.481 e. The van der Waals surface area contributed by atoms with Crippen LogP contribution in [0.5, 0.6) is 0 Å². The quantitative estimate of drug-likeness (QED) is 0.0449. The van der Waals surface area contributed by atoms with Gasteiger partial charge in [0.2, 0.25) is 11.8 Å². The Bertz CT molecular complexity index is 1950. The molecule has 1 aliphatic rings. The Morgan fingerprint density at radius 2 is 1.70 bits per heavy atom. The number of carbonyl (C=O) groups is 4. The van der Waals surface area contributed by atoms with Crippen LogP contribution in [-0.2, 0) is 55.5 Å². The first-order chi connectivity index (χ1) is 27.8. The molecule has 3 rings (SSSR count). The summed E-state index contributed by atoms with van der Waals surface area (Å²) in [5, 5.41) is 35.0. The number of ether oxygens (including phenoxy) is 1. The molecular weight excluding hydrogens is 887 g/mol. The minimum atomic E-state index is -5.59. The van der Waals surface area contributed by atoms with Crippen LogP contribution in [0.3, 0.4) is 0 Å². The van der Waals surface area contributed by atoms with E-state index in [-0.39, 0.29) is 53.9 Å². The van der Waals surface area contributed by atoms with Crippen LogP contribution in [0, 0.1) is 11.3 Å². The fourth-order valence-corrected chi connectivity index (χ4v) is 9.17. The predicted molar refractivity (Wildman–Crippen MR) is 207 cm³/mol. The third kappa shape index (κ3) is 16.7. The van der Waals surface area contributed by atoms with Gasteiger partial charge < -0.3 is 56.0 Å². The Balaban J connectivity index is 1.42. The highest BCUT2D eigenvalue weighted by Gasteiger charge is 2.50. The van der Waals surface area contributed by atoms with Crippen LogP contribution >= 0.6 is 35.2 Å². The summed E-state index contributed by atoms with van der Waals surface area (Å²) in [6.07, 6.45) is -4.66. The first-order valence-electron chi connectivity index (χ1n) is 18.1. The van der Waals surface area contributed by atoms with Crippen molar-refractivity contribution in [2.45, 2.75) is 89.9 Å². The van der Waals surface area contributed by atoms with Crippen LogP contribution in [0.25, 0.3) is 11.2 Å². The summed E-state index contributed by atoms with van der Waals surface area (Å²) in [5.74, 6) is -1.98. The van der Waals surface area contributed by atoms with E-state index in [1.54, 1.807) is 0 Å². The van der Waals surface area contributed by atoms with Crippen LogP contribution < -0.4 is 16.4 Å². The van der Waals surface area contributed by atoms with Gasteiger partial charge in [0.05, 0.1) is 19.5 Å². The number of aliphatic carboxylic acids is 1. The molecule has 0 spiro atoms. The number of anilines is 1. The van der Waals surface area contributed by atoms with E-state index in [4.69, 9.17) is 24.6 Å². The van der Waals surface area contributed by atoms with E-state index in [0.717, 1.165) is 35.4 Å². The van der Waals surface area contributed by atoms with Gasteiger partial charge in [0.25, 0.3) is 0 Å². The van der Waals surface area contributed by atoms with E-state index in [9.17, 15) is 62.7 Å². The number of amides is 2. The second-order valence-electron chi connectivity index (χ2n) is 14.2. The van der Waals surface area contributed by atoms with Gasteiger partial charge in [0, 0.05) is 43.5 Å². The Morgan fingerprint density at radius 3 is 2.37 bits per heavy atom. The molecule has 8 atom stereocenters. The van der Waals surface area contributed by atoms with E-state index < -0.39 is 90.5 Å². The molecule has 0 aromatic carbocycles. The number of phosphoric acid groups is 3. The average Bonchev–Trinajstić information content (AvgIpc) is 3.69. The lowest BCUT2D eigenvalue weighted by Crippen LogP contribution is -2.46. The number of hydrogen-bond acceptors (Lipinski definition) is 19. The number of carbonyl (C=O) groups excluding carboxylic acids is 3. The van der Waals surface area contributed by atoms with Crippen LogP contribution in [0.4, 0.5) is 5.82 Å². The zero-order valence-electron chi connectivity index (χ0n) is 32.5. The number of nitrogens with two attached hydrogens (primary N) is 1. The van der Waals surface area contributed by atoms with Gasteiger partial charge in [-0.3, -0.25) is 37.3 Å². The van der Waals surface area contributed by atoms with Crippen molar-refractivity contribution in [1.82, 2.24) is 30.2 Å². The number of hydrogen-bond donors (Lipinski definition) is 10. The summed E-state index contributed by atoms with van der Waals surface area (Å²) in [7, 11) is -16.4. The molecule has 60 heavy (non-hydrogen) atoms. The van der Waals surface area contributed by atoms with Crippen LogP contribution in [-0.4, -0.2) is 134 Å². The number of nitrogen functional groups attached to an aromatic ring is 1. The normalized spacial score (nSPS) is 21.5. The highest BCUT2D eigenvalue weighted by Crippen LogP contribution is 2.61. The lowest BCUT2D eigenvalue weighted by Gasteiger charge is -2.30. The molecule has 26 nitrogen and oxygen atoms in total. The topological polar surface area (TPSA) is 401 Å². The summed E-state index contributed by atoms with van der Waals surface area (Å²) in [6, 6.07) is 0. The number of aliphatic hydroxyl groups is 2. The highest BCUT2D eigenvalue weighted by molar-refractivity contribution is 8.13. The zero-order chi connectivity index (χ0) is 45.1. The summed E-state index contributed by atoms with van der Waals surface area (Å²) in [5.41, 5.74) is 4.23. The molecule has 1 fully saturated rings. The second kappa shape index (κ2) is 22.4. The van der Waals surface area contributed by atoms with Crippen molar-refractivity contribution in [3.8, 4) is 0 Å². The number of imidazole rings is 1. The number of phosphoric ester groups is 3. The number of fused-ring (bicyclic) bond motifs is 1. The maximum atomic E-state index is 12.7. The molecule has 340 valence electrons. The fraction of sp³-hybridized carbons (Fsp3) is 0.700. The highest BCUT2D eigenvalue weighted by atomic mass is 32.2. The number of nitrogens with one attached hydrogen (secondary N) is 2. The number of aliphatic hydroxyl groups excluding tert-OH is 2. The van der Waals surface area contributed by atoms with Gasteiger partial charge in [0.1, 0.15) is 36.3 Å². The average molecular weight is 938 g/mol. The fourth-order valence-electron chi connectivity index (χ4n) is 5.51. The molecule has 0 saturated carbocycles. The Kier molecular flexibility index (Phi) is 19.2. The Morgan fingerprint density at radius 1 is 1.02 bits per heavy atom. The number of rotatable bonds is 26. The van der Waals surface area contributed by atoms with Crippen molar-refractivity contribution in [1.29, 1.82) is 0 Å². The third-order valence-electron chi connectivity index (χ3n) is 8.62. The Labute approximate surface area is 346 Å². The smallest absolute Gasteiger partial charge is 0.481 e. The van der Waals surface area contributed by atoms with Crippen LogP contribution in [0.2, 0.25) is 0 Å². The molecule has 2 amide bonds. The molecule has 0 bridgehead atoms. The van der Waals surface area contributed by atoms with Crippen molar-refractivity contribution in [2.75, 3.05) is 37.8 Å². The van der Waals surface area contributed by atoms with Crippen LogP contribution in [0.1, 0.15) is 65.5 Å². The van der Waals surface area contributed by atoms with Gasteiger partial charge in [0.15, 0.2) is 22.8 Å². The summed E-state index contributed by atoms with van der Waals surface area (Å²) < 4.78 is 62.1. The van der Waals surface area contributed by atoms with Gasteiger partial charge in [-0.25, -0.2) is 28.6 Å². The maximum absolute atomic E-state index is 12.7. The SMILES string of the molecule is CC(CCCCC(=O)O)CC(=O)SCCNC(=O)CCNC(=O)C(O)C(C)(C)COP(=O)(O)OP(=O)(O)OCC1OC(n2cnc3c(N)ncnc32)C(O)C1OP(=O)(O)O.